The summed E-state index contributed by atoms with van der Waals surface area (Å²) in [5.74, 6) is -0.340. The van der Waals surface area contributed by atoms with Crippen LogP contribution in [0.25, 0.3) is 0 Å². The molecule has 0 aromatic rings. The summed E-state index contributed by atoms with van der Waals surface area (Å²) in [5.41, 5.74) is 0.256. The van der Waals surface area contributed by atoms with E-state index < -0.39 is 0 Å². The largest absolute Gasteiger partial charge is 0.383 e. The molecule has 4 nitrogen and oxygen atoms in total. The summed E-state index contributed by atoms with van der Waals surface area (Å²) in [6, 6.07) is 0. The van der Waals surface area contributed by atoms with Crippen molar-refractivity contribution in [3.05, 3.63) is 11.8 Å². The Kier molecular flexibility index (Phi) is 2.47. The van der Waals surface area contributed by atoms with E-state index in [4.69, 9.17) is 0 Å². The van der Waals surface area contributed by atoms with E-state index in [1.54, 1.807) is 25.2 Å². The van der Waals surface area contributed by atoms with E-state index in [0.717, 1.165) is 0 Å². The van der Waals surface area contributed by atoms with Gasteiger partial charge in [-0.2, -0.15) is 0 Å². The van der Waals surface area contributed by atoms with Gasteiger partial charge in [0.05, 0.1) is 5.57 Å². The first-order chi connectivity index (χ1) is 5.61. The number of hydrogen-bond donors (Lipinski definition) is 1. The van der Waals surface area contributed by atoms with Crippen LogP contribution < -0.4 is 5.32 Å². The smallest absolute Gasteiger partial charge is 0.256 e. The molecular weight excluding hydrogens is 156 g/mol. The molecule has 1 fully saturated rings. The van der Waals surface area contributed by atoms with Crippen molar-refractivity contribution in [1.29, 1.82) is 0 Å². The lowest BCUT2D eigenvalue weighted by atomic mass is 10.1. The van der Waals surface area contributed by atoms with Gasteiger partial charge in [-0.05, 0) is 0 Å². The first-order valence-corrected chi connectivity index (χ1v) is 3.81. The summed E-state index contributed by atoms with van der Waals surface area (Å²) in [6.45, 7) is 0.461. The lowest BCUT2D eigenvalue weighted by Gasteiger charge is -2.15. The highest BCUT2D eigenvalue weighted by Gasteiger charge is 2.22. The van der Waals surface area contributed by atoms with Crippen molar-refractivity contribution in [1.82, 2.24) is 10.2 Å². The topological polar surface area (TPSA) is 49.4 Å². The SMILES string of the molecule is CN(C)/C=C1\C(=O)CCNC1=O. The van der Waals surface area contributed by atoms with Crippen LogP contribution in [-0.2, 0) is 9.59 Å². The number of hydrogen-bond acceptors (Lipinski definition) is 3. The highest BCUT2D eigenvalue weighted by Crippen LogP contribution is 2.05. The standard InChI is InChI=1S/C8H12N2O2/c1-10(2)5-6-7(11)3-4-9-8(6)12/h5H,3-4H2,1-2H3,(H,9,12)/b6-5+. The van der Waals surface area contributed by atoms with E-state index in [1.807, 2.05) is 0 Å². The lowest BCUT2D eigenvalue weighted by Crippen LogP contribution is -2.37. The van der Waals surface area contributed by atoms with Gasteiger partial charge in [0.1, 0.15) is 0 Å². The first-order valence-electron chi connectivity index (χ1n) is 3.81. The van der Waals surface area contributed by atoms with Gasteiger partial charge in [0, 0.05) is 33.3 Å². The average molecular weight is 168 g/mol. The molecule has 1 N–H and O–H groups in total. The Labute approximate surface area is 71.2 Å². The Bertz CT molecular complexity index is 225. The lowest BCUT2D eigenvalue weighted by molar-refractivity contribution is -0.124. The summed E-state index contributed by atoms with van der Waals surface area (Å²) in [6.07, 6.45) is 1.96. The minimum atomic E-state index is -0.264. The molecule has 0 atom stereocenters. The fourth-order valence-electron chi connectivity index (χ4n) is 1.03. The molecule has 1 rings (SSSR count). The highest BCUT2D eigenvalue weighted by atomic mass is 16.2. The quantitative estimate of drug-likeness (QED) is 0.425. The van der Waals surface area contributed by atoms with Crippen molar-refractivity contribution in [2.75, 3.05) is 20.6 Å². The van der Waals surface area contributed by atoms with Crippen molar-refractivity contribution in [3.63, 3.8) is 0 Å². The van der Waals surface area contributed by atoms with Crippen LogP contribution in [0.3, 0.4) is 0 Å². The molecule has 4 heteroatoms. The Balaban J connectivity index is 2.83. The predicted octanol–water partition coefficient (Wildman–Crippen LogP) is -0.479. The molecule has 1 amide bonds. The molecule has 1 saturated heterocycles. The van der Waals surface area contributed by atoms with Gasteiger partial charge in [0.2, 0.25) is 0 Å². The molecule has 12 heavy (non-hydrogen) atoms. The molecule has 0 aromatic carbocycles. The fourth-order valence-corrected chi connectivity index (χ4v) is 1.03. The molecule has 0 spiro atoms. The first kappa shape index (κ1) is 8.77. The van der Waals surface area contributed by atoms with Crippen molar-refractivity contribution in [2.24, 2.45) is 0 Å². The molecule has 1 aliphatic rings. The van der Waals surface area contributed by atoms with E-state index in [-0.39, 0.29) is 17.3 Å². The molecule has 1 aliphatic heterocycles. The van der Waals surface area contributed by atoms with Gasteiger partial charge in [0.25, 0.3) is 5.91 Å². The number of ketones is 1. The molecule has 0 aromatic heterocycles. The van der Waals surface area contributed by atoms with Crippen LogP contribution in [0.1, 0.15) is 6.42 Å². The Hall–Kier alpha value is -1.32. The molecule has 1 heterocycles. The van der Waals surface area contributed by atoms with Gasteiger partial charge < -0.3 is 10.2 Å². The number of carbonyl (C=O) groups is 2. The zero-order valence-corrected chi connectivity index (χ0v) is 7.26. The zero-order valence-electron chi connectivity index (χ0n) is 7.26. The third kappa shape index (κ3) is 1.84. The normalized spacial score (nSPS) is 21.0. The van der Waals surface area contributed by atoms with E-state index in [9.17, 15) is 9.59 Å². The van der Waals surface area contributed by atoms with Crippen molar-refractivity contribution >= 4 is 11.7 Å². The average Bonchev–Trinajstić information content (AvgIpc) is 1.97. The van der Waals surface area contributed by atoms with Crippen LogP contribution in [0.4, 0.5) is 0 Å². The second-order valence-corrected chi connectivity index (χ2v) is 2.94. The van der Waals surface area contributed by atoms with Gasteiger partial charge in [-0.3, -0.25) is 9.59 Å². The summed E-state index contributed by atoms with van der Waals surface area (Å²) < 4.78 is 0. The Morgan fingerprint density at radius 1 is 1.42 bits per heavy atom. The van der Waals surface area contributed by atoms with E-state index in [1.165, 1.54) is 0 Å². The van der Waals surface area contributed by atoms with Crippen LogP contribution in [-0.4, -0.2) is 37.2 Å². The number of rotatable bonds is 1. The molecule has 66 valence electrons. The van der Waals surface area contributed by atoms with Crippen LogP contribution in [0, 0.1) is 0 Å². The third-order valence-corrected chi connectivity index (χ3v) is 1.57. The molecule has 0 unspecified atom stereocenters. The molecular formula is C8H12N2O2. The van der Waals surface area contributed by atoms with Crippen molar-refractivity contribution in [3.8, 4) is 0 Å². The molecule has 0 aliphatic carbocycles. The summed E-state index contributed by atoms with van der Waals surface area (Å²) in [4.78, 5) is 24.0. The minimum Gasteiger partial charge on any atom is -0.383 e. The molecule has 0 saturated carbocycles. The van der Waals surface area contributed by atoms with Gasteiger partial charge in [-0.1, -0.05) is 0 Å². The minimum absolute atomic E-state index is 0.0764. The van der Waals surface area contributed by atoms with Crippen molar-refractivity contribution in [2.45, 2.75) is 6.42 Å². The number of amides is 1. The second kappa shape index (κ2) is 3.38. The summed E-state index contributed by atoms with van der Waals surface area (Å²) in [7, 11) is 3.56. The number of nitrogens with zero attached hydrogens (tertiary/aromatic N) is 1. The number of piperidine rings is 1. The van der Waals surface area contributed by atoms with E-state index in [0.29, 0.717) is 13.0 Å². The number of Topliss-reactive ketones (excluding diaryl/α,β-unsaturated/α-hetero) is 1. The highest BCUT2D eigenvalue weighted by molar-refractivity contribution is 6.20. The van der Waals surface area contributed by atoms with E-state index in [2.05, 4.69) is 5.32 Å². The third-order valence-electron chi connectivity index (χ3n) is 1.57. The van der Waals surface area contributed by atoms with Gasteiger partial charge in [-0.15, -0.1) is 0 Å². The summed E-state index contributed by atoms with van der Waals surface area (Å²) >= 11 is 0. The second-order valence-electron chi connectivity index (χ2n) is 2.94. The van der Waals surface area contributed by atoms with Gasteiger partial charge in [0.15, 0.2) is 5.78 Å². The van der Waals surface area contributed by atoms with Crippen LogP contribution in [0.15, 0.2) is 11.8 Å². The van der Waals surface area contributed by atoms with Crippen LogP contribution in [0.5, 0.6) is 0 Å². The molecule has 0 bridgehead atoms. The van der Waals surface area contributed by atoms with Crippen LogP contribution >= 0.6 is 0 Å². The maximum Gasteiger partial charge on any atom is 0.256 e. The molecule has 0 radical (unpaired) electrons. The van der Waals surface area contributed by atoms with Gasteiger partial charge in [-0.25, -0.2) is 0 Å². The Morgan fingerprint density at radius 3 is 2.58 bits per heavy atom. The van der Waals surface area contributed by atoms with E-state index >= 15 is 0 Å². The Morgan fingerprint density at radius 2 is 2.08 bits per heavy atom. The summed E-state index contributed by atoms with van der Waals surface area (Å²) in [5, 5.41) is 2.61. The van der Waals surface area contributed by atoms with Crippen molar-refractivity contribution < 1.29 is 9.59 Å². The zero-order chi connectivity index (χ0) is 9.14. The maximum atomic E-state index is 11.2. The van der Waals surface area contributed by atoms with Crippen LogP contribution in [0.2, 0.25) is 0 Å². The predicted molar refractivity (Wildman–Crippen MR) is 44.4 cm³/mol. The number of nitrogens with one attached hydrogen (secondary N) is 1. The fraction of sp³-hybridized carbons (Fsp3) is 0.500. The monoisotopic (exact) mass is 168 g/mol. The number of carbonyl (C=O) groups excluding carboxylic acids is 2. The van der Waals surface area contributed by atoms with Gasteiger partial charge >= 0.3 is 0 Å². The maximum absolute atomic E-state index is 11.2.